The average molecular weight is 250 g/mol. The van der Waals surface area contributed by atoms with Crippen LogP contribution in [0.2, 0.25) is 0 Å². The van der Waals surface area contributed by atoms with Crippen molar-refractivity contribution in [2.45, 2.75) is 46.5 Å². The molecule has 0 saturated carbocycles. The van der Waals surface area contributed by atoms with Gasteiger partial charge < -0.3 is 5.32 Å². The maximum absolute atomic E-state index is 9.28. The molecule has 0 amide bonds. The van der Waals surface area contributed by atoms with E-state index >= 15 is 0 Å². The smallest absolute Gasteiger partial charge is 0.107 e. The third kappa shape index (κ3) is 3.23. The summed E-state index contributed by atoms with van der Waals surface area (Å²) in [5.74, 6) is 0.740. The molecule has 94 valence electrons. The summed E-state index contributed by atoms with van der Waals surface area (Å²) in [7, 11) is 1.89. The number of thiophene rings is 1. The van der Waals surface area contributed by atoms with Gasteiger partial charge in [0.2, 0.25) is 0 Å². The lowest BCUT2D eigenvalue weighted by molar-refractivity contribution is 0.516. The van der Waals surface area contributed by atoms with Crippen LogP contribution in [0.5, 0.6) is 0 Å². The normalized spacial score (nSPS) is 12.2. The highest BCUT2D eigenvalue weighted by atomic mass is 32.1. The van der Waals surface area contributed by atoms with E-state index in [4.69, 9.17) is 0 Å². The molecular formula is C14H22N2S. The predicted molar refractivity (Wildman–Crippen MR) is 75.7 cm³/mol. The van der Waals surface area contributed by atoms with Crippen LogP contribution in [0.1, 0.15) is 49.6 Å². The third-order valence-corrected chi connectivity index (χ3v) is 4.73. The number of hydrogen-bond donors (Lipinski definition) is 1. The van der Waals surface area contributed by atoms with E-state index in [1.807, 2.05) is 7.05 Å². The van der Waals surface area contributed by atoms with Crippen LogP contribution in [-0.4, -0.2) is 7.05 Å². The van der Waals surface area contributed by atoms with Crippen LogP contribution in [0.25, 0.3) is 0 Å². The van der Waals surface area contributed by atoms with Crippen molar-refractivity contribution in [3.63, 3.8) is 0 Å². The van der Waals surface area contributed by atoms with E-state index in [9.17, 15) is 5.26 Å². The Labute approximate surface area is 109 Å². The number of hydrogen-bond acceptors (Lipinski definition) is 3. The molecule has 2 nitrogen and oxygen atoms in total. The van der Waals surface area contributed by atoms with E-state index in [1.165, 1.54) is 23.3 Å². The van der Waals surface area contributed by atoms with Crippen LogP contribution in [0.15, 0.2) is 0 Å². The summed E-state index contributed by atoms with van der Waals surface area (Å²) in [4.78, 5) is 1.37. The zero-order chi connectivity index (χ0) is 12.8. The van der Waals surface area contributed by atoms with E-state index in [0.717, 1.165) is 29.3 Å². The molecule has 0 aromatic carbocycles. The minimum absolute atomic E-state index is 0.740. The van der Waals surface area contributed by atoms with Gasteiger partial charge in [-0.15, -0.1) is 11.3 Å². The molecule has 1 N–H and O–H groups in total. The van der Waals surface area contributed by atoms with Crippen molar-refractivity contribution in [3.05, 3.63) is 16.0 Å². The number of nitriles is 1. The van der Waals surface area contributed by atoms with Crippen LogP contribution in [0.4, 0.5) is 5.00 Å². The number of rotatable bonds is 6. The Morgan fingerprint density at radius 1 is 1.41 bits per heavy atom. The van der Waals surface area contributed by atoms with E-state index in [0.29, 0.717) is 0 Å². The highest BCUT2D eigenvalue weighted by molar-refractivity contribution is 7.16. The number of nitrogens with zero attached hydrogens (tertiary/aromatic N) is 1. The van der Waals surface area contributed by atoms with E-state index in [-0.39, 0.29) is 0 Å². The first kappa shape index (κ1) is 14.1. The minimum Gasteiger partial charge on any atom is -0.379 e. The summed E-state index contributed by atoms with van der Waals surface area (Å²) in [6.45, 7) is 6.67. The molecule has 1 aromatic heterocycles. The highest BCUT2D eigenvalue weighted by Gasteiger charge is 2.16. The average Bonchev–Trinajstić information content (AvgIpc) is 2.72. The number of aryl methyl sites for hydroxylation is 1. The summed E-state index contributed by atoms with van der Waals surface area (Å²) < 4.78 is 0. The van der Waals surface area contributed by atoms with E-state index in [1.54, 1.807) is 11.3 Å². The van der Waals surface area contributed by atoms with Gasteiger partial charge >= 0.3 is 0 Å². The van der Waals surface area contributed by atoms with Crippen molar-refractivity contribution in [2.24, 2.45) is 5.92 Å². The Bertz CT molecular complexity index is 401. The van der Waals surface area contributed by atoms with Crippen molar-refractivity contribution in [1.82, 2.24) is 0 Å². The molecule has 1 unspecified atom stereocenters. The molecule has 0 saturated heterocycles. The SMILES string of the molecule is CCc1sc(NC)c(C#N)c1CCC(C)CC. The van der Waals surface area contributed by atoms with Gasteiger partial charge in [-0.3, -0.25) is 0 Å². The molecule has 0 aliphatic rings. The Morgan fingerprint density at radius 2 is 2.12 bits per heavy atom. The van der Waals surface area contributed by atoms with E-state index in [2.05, 4.69) is 32.2 Å². The van der Waals surface area contributed by atoms with Gasteiger partial charge in [0.15, 0.2) is 0 Å². The molecule has 1 atom stereocenters. The molecule has 1 heterocycles. The lowest BCUT2D eigenvalue weighted by atomic mass is 9.96. The summed E-state index contributed by atoms with van der Waals surface area (Å²) in [6.07, 6.45) is 4.46. The Kier molecular flexibility index (Phi) is 5.50. The fraction of sp³-hybridized carbons (Fsp3) is 0.643. The standard InChI is InChI=1S/C14H22N2S/c1-5-10(3)7-8-11-12(9-15)14(16-4)17-13(11)6-2/h10,16H,5-8H2,1-4H3. The second kappa shape index (κ2) is 6.66. The van der Waals surface area contributed by atoms with Crippen LogP contribution < -0.4 is 5.32 Å². The van der Waals surface area contributed by atoms with Crippen molar-refractivity contribution in [1.29, 1.82) is 5.26 Å². The Balaban J connectivity index is 2.95. The largest absolute Gasteiger partial charge is 0.379 e. The summed E-state index contributed by atoms with van der Waals surface area (Å²) in [5, 5.41) is 13.4. The molecule has 3 heteroatoms. The molecule has 0 bridgehead atoms. The minimum atomic E-state index is 0.740. The van der Waals surface area contributed by atoms with Crippen LogP contribution in [0.3, 0.4) is 0 Å². The number of anilines is 1. The van der Waals surface area contributed by atoms with Gasteiger partial charge in [0.1, 0.15) is 11.1 Å². The number of nitrogens with one attached hydrogen (secondary N) is 1. The lowest BCUT2D eigenvalue weighted by Crippen LogP contribution is -1.98. The molecule has 0 aliphatic carbocycles. The van der Waals surface area contributed by atoms with Crippen molar-refractivity contribution >= 4 is 16.3 Å². The fourth-order valence-electron chi connectivity index (χ4n) is 1.95. The van der Waals surface area contributed by atoms with Crippen molar-refractivity contribution in [2.75, 3.05) is 12.4 Å². The Morgan fingerprint density at radius 3 is 2.59 bits per heavy atom. The van der Waals surface area contributed by atoms with Gasteiger partial charge in [0.25, 0.3) is 0 Å². The summed E-state index contributed by atoms with van der Waals surface area (Å²) in [5.41, 5.74) is 2.15. The van der Waals surface area contributed by atoms with E-state index < -0.39 is 0 Å². The Hall–Kier alpha value is -1.01. The van der Waals surface area contributed by atoms with Crippen LogP contribution >= 0.6 is 11.3 Å². The maximum atomic E-state index is 9.28. The topological polar surface area (TPSA) is 35.8 Å². The van der Waals surface area contributed by atoms with Gasteiger partial charge in [0.05, 0.1) is 5.56 Å². The molecular weight excluding hydrogens is 228 g/mol. The first-order valence-corrected chi connectivity index (χ1v) is 7.21. The molecule has 0 fully saturated rings. The monoisotopic (exact) mass is 250 g/mol. The molecule has 17 heavy (non-hydrogen) atoms. The zero-order valence-corrected chi connectivity index (χ0v) is 12.1. The second-order valence-electron chi connectivity index (χ2n) is 4.48. The van der Waals surface area contributed by atoms with Crippen LogP contribution in [0, 0.1) is 17.2 Å². The van der Waals surface area contributed by atoms with Gasteiger partial charge in [0, 0.05) is 11.9 Å². The van der Waals surface area contributed by atoms with Crippen molar-refractivity contribution < 1.29 is 0 Å². The predicted octanol–water partition coefficient (Wildman–Crippen LogP) is 4.20. The van der Waals surface area contributed by atoms with Gasteiger partial charge in [-0.1, -0.05) is 27.2 Å². The maximum Gasteiger partial charge on any atom is 0.107 e. The van der Waals surface area contributed by atoms with Crippen molar-refractivity contribution in [3.8, 4) is 6.07 Å². The molecule has 1 rings (SSSR count). The lowest BCUT2D eigenvalue weighted by Gasteiger charge is -2.08. The summed E-state index contributed by atoms with van der Waals surface area (Å²) >= 11 is 1.74. The molecule has 0 radical (unpaired) electrons. The molecule has 0 spiro atoms. The molecule has 0 aliphatic heterocycles. The van der Waals surface area contributed by atoms with Gasteiger partial charge in [-0.25, -0.2) is 0 Å². The zero-order valence-electron chi connectivity index (χ0n) is 11.3. The van der Waals surface area contributed by atoms with Gasteiger partial charge in [-0.2, -0.15) is 5.26 Å². The second-order valence-corrected chi connectivity index (χ2v) is 5.58. The van der Waals surface area contributed by atoms with Gasteiger partial charge in [-0.05, 0) is 30.7 Å². The molecule has 1 aromatic rings. The first-order chi connectivity index (χ1) is 8.17. The first-order valence-electron chi connectivity index (χ1n) is 6.40. The summed E-state index contributed by atoms with van der Waals surface area (Å²) in [6, 6.07) is 2.36. The highest BCUT2D eigenvalue weighted by Crippen LogP contribution is 2.34. The fourth-order valence-corrected chi connectivity index (χ4v) is 3.04. The van der Waals surface area contributed by atoms with Crippen LogP contribution in [-0.2, 0) is 12.8 Å². The third-order valence-electron chi connectivity index (χ3n) is 3.33. The quantitative estimate of drug-likeness (QED) is 0.821.